The van der Waals surface area contributed by atoms with Gasteiger partial charge in [-0.2, -0.15) is 0 Å². The molecule has 0 saturated carbocycles. The molecule has 5 rings (SSSR count). The van der Waals surface area contributed by atoms with E-state index in [2.05, 4.69) is 0 Å². The molecule has 0 aliphatic carbocycles. The molecule has 0 fully saturated rings. The van der Waals surface area contributed by atoms with E-state index in [1.165, 1.54) is 11.0 Å². The first-order chi connectivity index (χ1) is 16.3. The molecular formula is C26H25ClN2O5. The molecule has 1 atom stereocenters. The van der Waals surface area contributed by atoms with Gasteiger partial charge in [0, 0.05) is 30.3 Å². The van der Waals surface area contributed by atoms with E-state index in [-0.39, 0.29) is 40.8 Å². The molecule has 1 aromatic heterocycles. The Hall–Kier alpha value is -3.16. The number of rotatable bonds is 6. The summed E-state index contributed by atoms with van der Waals surface area (Å²) in [4.78, 5) is 44.9. The predicted molar refractivity (Wildman–Crippen MR) is 129 cm³/mol. The normalized spacial score (nSPS) is 19.1. The average Bonchev–Trinajstić information content (AvgIpc) is 3.21. The molecule has 34 heavy (non-hydrogen) atoms. The van der Waals surface area contributed by atoms with Crippen LogP contribution in [0.4, 0.5) is 5.69 Å². The van der Waals surface area contributed by atoms with Gasteiger partial charge in [0.15, 0.2) is 11.0 Å². The van der Waals surface area contributed by atoms with Crippen LogP contribution in [0.15, 0.2) is 51.7 Å². The number of likely N-dealkylation sites (N-methyl/N-ethyl adjacent to an activating group) is 1. The van der Waals surface area contributed by atoms with E-state index in [1.54, 1.807) is 17.0 Å². The molecule has 1 unspecified atom stereocenters. The van der Waals surface area contributed by atoms with Crippen molar-refractivity contribution in [3.05, 3.63) is 74.6 Å². The van der Waals surface area contributed by atoms with E-state index in [4.69, 9.17) is 20.8 Å². The zero-order valence-corrected chi connectivity index (χ0v) is 20.0. The fourth-order valence-electron chi connectivity index (χ4n) is 5.12. The molecule has 1 spiro atoms. The summed E-state index contributed by atoms with van der Waals surface area (Å²) in [6.45, 7) is 6.79. The highest BCUT2D eigenvalue weighted by Gasteiger charge is 2.64. The van der Waals surface area contributed by atoms with Gasteiger partial charge >= 0.3 is 0 Å². The molecule has 2 aromatic carbocycles. The molecule has 2 amide bonds. The van der Waals surface area contributed by atoms with Crippen molar-refractivity contribution < 1.29 is 18.7 Å². The highest BCUT2D eigenvalue weighted by molar-refractivity contribution is 6.31. The molecule has 0 radical (unpaired) electrons. The van der Waals surface area contributed by atoms with Gasteiger partial charge in [-0.15, -0.1) is 0 Å². The lowest BCUT2D eigenvalue weighted by atomic mass is 9.84. The number of hydrogen-bond acceptors (Lipinski definition) is 5. The molecule has 176 valence electrons. The quantitative estimate of drug-likeness (QED) is 0.491. The first-order valence-corrected chi connectivity index (χ1v) is 11.8. The maximum atomic E-state index is 14.1. The summed E-state index contributed by atoms with van der Waals surface area (Å²) in [5.74, 6) is -0.901. The summed E-state index contributed by atoms with van der Waals surface area (Å²) in [6, 6.07) is 12.0. The second-order valence-electron chi connectivity index (χ2n) is 8.78. The number of carbonyl (C=O) groups is 2. The van der Waals surface area contributed by atoms with Crippen LogP contribution >= 0.6 is 11.6 Å². The molecule has 3 aromatic rings. The minimum Gasteiger partial charge on any atom is -0.450 e. The number of nitrogens with zero attached hydrogens (tertiary/aromatic N) is 2. The Morgan fingerprint density at radius 1 is 1.12 bits per heavy atom. The number of anilines is 1. The van der Waals surface area contributed by atoms with Gasteiger partial charge in [0.05, 0.1) is 22.7 Å². The molecule has 7 nitrogen and oxygen atoms in total. The van der Waals surface area contributed by atoms with Gasteiger partial charge in [-0.05, 0) is 51.5 Å². The topological polar surface area (TPSA) is 80.1 Å². The van der Waals surface area contributed by atoms with E-state index in [1.807, 2.05) is 45.0 Å². The van der Waals surface area contributed by atoms with E-state index in [0.717, 1.165) is 0 Å². The van der Waals surface area contributed by atoms with Crippen LogP contribution in [0.2, 0.25) is 5.02 Å². The lowest BCUT2D eigenvalue weighted by Crippen LogP contribution is -2.53. The molecule has 2 aliphatic rings. The maximum absolute atomic E-state index is 14.1. The van der Waals surface area contributed by atoms with Gasteiger partial charge in [0.25, 0.3) is 11.8 Å². The van der Waals surface area contributed by atoms with E-state index >= 15 is 0 Å². The molecule has 3 heterocycles. The fourth-order valence-corrected chi connectivity index (χ4v) is 5.29. The Kier molecular flexibility index (Phi) is 5.49. The smallest absolute Gasteiger partial charge is 0.291 e. The number of para-hydroxylation sites is 1. The molecule has 0 N–H and O–H groups in total. The van der Waals surface area contributed by atoms with Crippen molar-refractivity contribution in [2.75, 3.05) is 24.6 Å². The Bertz CT molecular complexity index is 1380. The van der Waals surface area contributed by atoms with E-state index in [9.17, 15) is 14.4 Å². The van der Waals surface area contributed by atoms with Crippen LogP contribution in [-0.4, -0.2) is 42.5 Å². The maximum Gasteiger partial charge on any atom is 0.291 e. The second kappa shape index (κ2) is 8.25. The third kappa shape index (κ3) is 3.03. The zero-order chi connectivity index (χ0) is 24.2. The number of carbonyl (C=O) groups excluding carboxylic acids is 2. The largest absolute Gasteiger partial charge is 0.450 e. The van der Waals surface area contributed by atoms with Crippen molar-refractivity contribution in [3.63, 3.8) is 0 Å². The van der Waals surface area contributed by atoms with Crippen LogP contribution in [0.25, 0.3) is 11.0 Å². The van der Waals surface area contributed by atoms with Gasteiger partial charge in [0.1, 0.15) is 5.58 Å². The Labute approximate surface area is 201 Å². The van der Waals surface area contributed by atoms with Crippen LogP contribution in [0, 0.1) is 0 Å². The van der Waals surface area contributed by atoms with Crippen molar-refractivity contribution in [2.45, 2.75) is 38.8 Å². The minimum absolute atomic E-state index is 0.0446. The first-order valence-electron chi connectivity index (χ1n) is 11.4. The first kappa shape index (κ1) is 22.6. The standard InChI is InChI=1S/C26H25ClN2O5/c1-4-28-19-9-6-5-8-18(19)26(25(28)32)21-22(30)17-14-16(27)10-11-20(17)34-23(21)24(31)29(26)12-7-13-33-15(2)3/h5-6,8-11,14-15H,4,7,12-13H2,1-3H3. The van der Waals surface area contributed by atoms with Crippen molar-refractivity contribution in [1.29, 1.82) is 0 Å². The monoisotopic (exact) mass is 480 g/mol. The second-order valence-corrected chi connectivity index (χ2v) is 9.22. The van der Waals surface area contributed by atoms with Crippen LogP contribution in [0.3, 0.4) is 0 Å². The van der Waals surface area contributed by atoms with Crippen molar-refractivity contribution >= 4 is 40.1 Å². The highest BCUT2D eigenvalue weighted by atomic mass is 35.5. The van der Waals surface area contributed by atoms with Gasteiger partial charge in [0.2, 0.25) is 5.76 Å². The molecule has 8 heteroatoms. The summed E-state index contributed by atoms with van der Waals surface area (Å²) < 4.78 is 11.7. The summed E-state index contributed by atoms with van der Waals surface area (Å²) in [5.41, 5.74) is -0.405. The van der Waals surface area contributed by atoms with Crippen molar-refractivity contribution in [2.24, 2.45) is 0 Å². The average molecular weight is 481 g/mol. The Balaban J connectivity index is 1.78. The number of fused-ring (bicyclic) bond motifs is 5. The van der Waals surface area contributed by atoms with Crippen molar-refractivity contribution in [3.8, 4) is 0 Å². The number of benzene rings is 2. The van der Waals surface area contributed by atoms with E-state index in [0.29, 0.717) is 35.8 Å². The van der Waals surface area contributed by atoms with Gasteiger partial charge in [-0.25, -0.2) is 0 Å². The van der Waals surface area contributed by atoms with Gasteiger partial charge in [-0.1, -0.05) is 29.8 Å². The number of ether oxygens (including phenoxy) is 1. The predicted octanol–water partition coefficient (Wildman–Crippen LogP) is 4.33. The van der Waals surface area contributed by atoms with E-state index < -0.39 is 16.9 Å². The zero-order valence-electron chi connectivity index (χ0n) is 19.3. The minimum atomic E-state index is -1.59. The SMILES string of the molecule is CCN1C(=O)C2(c3ccccc31)c1c(oc3ccc(Cl)cc3c1=O)C(=O)N2CCCOC(C)C. The Morgan fingerprint density at radius 3 is 2.62 bits per heavy atom. The van der Waals surface area contributed by atoms with Gasteiger partial charge in [-0.3, -0.25) is 14.4 Å². The highest BCUT2D eigenvalue weighted by Crippen LogP contribution is 2.52. The number of hydrogen-bond donors (Lipinski definition) is 0. The summed E-state index contributed by atoms with van der Waals surface area (Å²) >= 11 is 6.17. The Morgan fingerprint density at radius 2 is 1.88 bits per heavy atom. The molecule has 2 aliphatic heterocycles. The summed E-state index contributed by atoms with van der Waals surface area (Å²) in [7, 11) is 0. The lowest BCUT2D eigenvalue weighted by molar-refractivity contribution is -0.126. The summed E-state index contributed by atoms with van der Waals surface area (Å²) in [6.07, 6.45) is 0.545. The lowest BCUT2D eigenvalue weighted by Gasteiger charge is -2.34. The van der Waals surface area contributed by atoms with Crippen LogP contribution in [0.5, 0.6) is 0 Å². The summed E-state index contributed by atoms with van der Waals surface area (Å²) in [5, 5.41) is 0.609. The third-order valence-corrected chi connectivity index (χ3v) is 6.73. The van der Waals surface area contributed by atoms with Crippen molar-refractivity contribution in [1.82, 2.24) is 4.90 Å². The van der Waals surface area contributed by atoms with Gasteiger partial charge < -0.3 is 19.0 Å². The van der Waals surface area contributed by atoms with Crippen LogP contribution in [0.1, 0.15) is 48.9 Å². The third-order valence-electron chi connectivity index (χ3n) is 6.49. The molecular weight excluding hydrogens is 456 g/mol. The number of amides is 2. The van der Waals surface area contributed by atoms with Crippen LogP contribution in [-0.2, 0) is 15.1 Å². The molecule has 0 saturated heterocycles. The number of halogens is 1. The molecule has 0 bridgehead atoms. The fraction of sp³-hybridized carbons (Fsp3) is 0.346. The van der Waals surface area contributed by atoms with Crippen LogP contribution < -0.4 is 10.3 Å².